The molecule has 5 nitrogen and oxygen atoms in total. The van der Waals surface area contributed by atoms with E-state index in [1.165, 1.54) is 0 Å². The summed E-state index contributed by atoms with van der Waals surface area (Å²) in [5, 5.41) is 5.89. The molecule has 0 fully saturated rings. The molecule has 0 saturated heterocycles. The summed E-state index contributed by atoms with van der Waals surface area (Å²) in [5.74, 6) is 0.183. The van der Waals surface area contributed by atoms with Crippen molar-refractivity contribution in [1.29, 1.82) is 0 Å². The number of aromatic nitrogens is 2. The van der Waals surface area contributed by atoms with E-state index in [4.69, 9.17) is 0 Å². The van der Waals surface area contributed by atoms with Crippen molar-refractivity contribution in [3.8, 4) is 0 Å². The van der Waals surface area contributed by atoms with Gasteiger partial charge in [0, 0.05) is 22.4 Å². The largest absolute Gasteiger partial charge is 0.349 e. The fourth-order valence-electron chi connectivity index (χ4n) is 1.68. The zero-order chi connectivity index (χ0) is 15.4. The first-order valence-electron chi connectivity index (χ1n) is 6.63. The van der Waals surface area contributed by atoms with Crippen LogP contribution in [0.1, 0.15) is 29.9 Å². The Bertz CT molecular complexity index is 658. The minimum Gasteiger partial charge on any atom is -0.349 e. The maximum atomic E-state index is 11.9. The summed E-state index contributed by atoms with van der Waals surface area (Å²) in [6, 6.07) is 7.52. The molecule has 6 heteroatoms. The molecule has 0 aliphatic carbocycles. The van der Waals surface area contributed by atoms with E-state index in [2.05, 4.69) is 36.5 Å². The Morgan fingerprint density at radius 2 is 2.05 bits per heavy atom. The molecule has 0 radical (unpaired) electrons. The first-order chi connectivity index (χ1) is 9.95. The SMILES string of the molecule is Cc1ccc(Nc2nccc(C(=O)NC(C)C)n2)cc1Br. The van der Waals surface area contributed by atoms with Crippen LogP contribution >= 0.6 is 15.9 Å². The number of hydrogen-bond donors (Lipinski definition) is 2. The fraction of sp³-hybridized carbons (Fsp3) is 0.267. The van der Waals surface area contributed by atoms with Crippen LogP contribution in [0.4, 0.5) is 11.6 Å². The number of nitrogens with one attached hydrogen (secondary N) is 2. The van der Waals surface area contributed by atoms with Gasteiger partial charge in [0.25, 0.3) is 5.91 Å². The molecule has 2 aromatic rings. The number of benzene rings is 1. The van der Waals surface area contributed by atoms with Gasteiger partial charge in [-0.05, 0) is 44.5 Å². The second kappa shape index (κ2) is 6.67. The number of halogens is 1. The maximum absolute atomic E-state index is 11.9. The zero-order valence-corrected chi connectivity index (χ0v) is 13.7. The third-order valence-electron chi connectivity index (χ3n) is 2.74. The molecule has 0 atom stereocenters. The quantitative estimate of drug-likeness (QED) is 0.888. The second-order valence-electron chi connectivity index (χ2n) is 4.98. The number of hydrogen-bond acceptors (Lipinski definition) is 4. The summed E-state index contributed by atoms with van der Waals surface area (Å²) in [6.07, 6.45) is 1.56. The number of amides is 1. The molecule has 1 aromatic heterocycles. The van der Waals surface area contributed by atoms with E-state index in [1.807, 2.05) is 39.0 Å². The molecule has 0 unspecified atom stereocenters. The molecule has 1 aromatic carbocycles. The lowest BCUT2D eigenvalue weighted by atomic mass is 10.2. The number of aryl methyl sites for hydroxylation is 1. The van der Waals surface area contributed by atoms with Gasteiger partial charge in [0.2, 0.25) is 5.95 Å². The third-order valence-corrected chi connectivity index (χ3v) is 3.59. The Hall–Kier alpha value is -1.95. The van der Waals surface area contributed by atoms with Crippen molar-refractivity contribution < 1.29 is 4.79 Å². The normalized spacial score (nSPS) is 10.5. The average Bonchev–Trinajstić information content (AvgIpc) is 2.42. The second-order valence-corrected chi connectivity index (χ2v) is 5.84. The summed E-state index contributed by atoms with van der Waals surface area (Å²) in [7, 11) is 0. The topological polar surface area (TPSA) is 66.9 Å². The van der Waals surface area contributed by atoms with E-state index in [1.54, 1.807) is 12.3 Å². The monoisotopic (exact) mass is 348 g/mol. The summed E-state index contributed by atoms with van der Waals surface area (Å²) in [6.45, 7) is 5.82. The molecule has 0 aliphatic heterocycles. The van der Waals surface area contributed by atoms with Crippen molar-refractivity contribution in [2.24, 2.45) is 0 Å². The minimum atomic E-state index is -0.208. The van der Waals surface area contributed by atoms with Gasteiger partial charge < -0.3 is 10.6 Å². The van der Waals surface area contributed by atoms with Crippen LogP contribution < -0.4 is 10.6 Å². The Kier molecular flexibility index (Phi) is 4.90. The van der Waals surface area contributed by atoms with Crippen LogP contribution in [0, 0.1) is 6.92 Å². The van der Waals surface area contributed by atoms with Gasteiger partial charge in [-0.1, -0.05) is 22.0 Å². The number of carbonyl (C=O) groups excluding carboxylic acids is 1. The highest BCUT2D eigenvalue weighted by Gasteiger charge is 2.10. The number of carbonyl (C=O) groups is 1. The fourth-order valence-corrected chi connectivity index (χ4v) is 2.06. The van der Waals surface area contributed by atoms with Crippen LogP contribution in [-0.2, 0) is 0 Å². The van der Waals surface area contributed by atoms with Crippen LogP contribution in [0.2, 0.25) is 0 Å². The van der Waals surface area contributed by atoms with Crippen LogP contribution in [0.15, 0.2) is 34.9 Å². The molecule has 21 heavy (non-hydrogen) atoms. The van der Waals surface area contributed by atoms with Crippen molar-refractivity contribution in [2.45, 2.75) is 26.8 Å². The smallest absolute Gasteiger partial charge is 0.270 e. The predicted octanol–water partition coefficient (Wildman–Crippen LogP) is 3.43. The standard InChI is InChI=1S/C15H17BrN4O/c1-9(2)18-14(21)13-6-7-17-15(20-13)19-11-5-4-10(3)12(16)8-11/h4-9H,1-3H3,(H,18,21)(H,17,19,20). The van der Waals surface area contributed by atoms with E-state index >= 15 is 0 Å². The summed E-state index contributed by atoms with van der Waals surface area (Å²) < 4.78 is 1.00. The maximum Gasteiger partial charge on any atom is 0.270 e. The molecule has 0 aliphatic rings. The molecule has 110 valence electrons. The van der Waals surface area contributed by atoms with Gasteiger partial charge in [-0.2, -0.15) is 0 Å². The number of rotatable bonds is 4. The molecule has 0 saturated carbocycles. The molecule has 0 bridgehead atoms. The van der Waals surface area contributed by atoms with Crippen molar-refractivity contribution >= 4 is 33.5 Å². The van der Waals surface area contributed by atoms with Crippen LogP contribution in [0.3, 0.4) is 0 Å². The molecular formula is C15H17BrN4O. The Morgan fingerprint density at radius 3 is 2.71 bits per heavy atom. The summed E-state index contributed by atoms with van der Waals surface area (Å²) >= 11 is 3.48. The van der Waals surface area contributed by atoms with Gasteiger partial charge in [0.05, 0.1) is 0 Å². The molecule has 0 spiro atoms. The Labute approximate surface area is 132 Å². The lowest BCUT2D eigenvalue weighted by Gasteiger charge is -2.09. The summed E-state index contributed by atoms with van der Waals surface area (Å²) in [5.41, 5.74) is 2.34. The van der Waals surface area contributed by atoms with Crippen molar-refractivity contribution in [3.63, 3.8) is 0 Å². The minimum absolute atomic E-state index is 0.0666. The van der Waals surface area contributed by atoms with Crippen LogP contribution in [0.5, 0.6) is 0 Å². The van der Waals surface area contributed by atoms with E-state index in [9.17, 15) is 4.79 Å². The molecule has 2 rings (SSSR count). The highest BCUT2D eigenvalue weighted by molar-refractivity contribution is 9.10. The van der Waals surface area contributed by atoms with Crippen molar-refractivity contribution in [3.05, 3.63) is 46.2 Å². The van der Waals surface area contributed by atoms with Gasteiger partial charge >= 0.3 is 0 Å². The zero-order valence-electron chi connectivity index (χ0n) is 12.1. The average molecular weight is 349 g/mol. The third kappa shape index (κ3) is 4.26. The highest BCUT2D eigenvalue weighted by Crippen LogP contribution is 2.22. The van der Waals surface area contributed by atoms with Gasteiger partial charge in [-0.25, -0.2) is 9.97 Å². The van der Waals surface area contributed by atoms with Crippen LogP contribution in [-0.4, -0.2) is 21.9 Å². The first-order valence-corrected chi connectivity index (χ1v) is 7.42. The lowest BCUT2D eigenvalue weighted by molar-refractivity contribution is 0.0938. The predicted molar refractivity (Wildman–Crippen MR) is 86.8 cm³/mol. The lowest BCUT2D eigenvalue weighted by Crippen LogP contribution is -2.30. The Morgan fingerprint density at radius 1 is 1.29 bits per heavy atom. The Balaban J connectivity index is 2.17. The first kappa shape index (κ1) is 15.4. The van der Waals surface area contributed by atoms with Gasteiger partial charge in [0.15, 0.2) is 0 Å². The molecule has 1 heterocycles. The van der Waals surface area contributed by atoms with E-state index in [-0.39, 0.29) is 11.9 Å². The van der Waals surface area contributed by atoms with E-state index < -0.39 is 0 Å². The molecule has 1 amide bonds. The van der Waals surface area contributed by atoms with Crippen molar-refractivity contribution in [1.82, 2.24) is 15.3 Å². The molecule has 2 N–H and O–H groups in total. The van der Waals surface area contributed by atoms with Gasteiger partial charge in [-0.3, -0.25) is 4.79 Å². The summed E-state index contributed by atoms with van der Waals surface area (Å²) in [4.78, 5) is 20.3. The highest BCUT2D eigenvalue weighted by atomic mass is 79.9. The van der Waals surface area contributed by atoms with E-state index in [0.717, 1.165) is 15.7 Å². The van der Waals surface area contributed by atoms with Gasteiger partial charge in [-0.15, -0.1) is 0 Å². The van der Waals surface area contributed by atoms with Crippen molar-refractivity contribution in [2.75, 3.05) is 5.32 Å². The van der Waals surface area contributed by atoms with E-state index in [0.29, 0.717) is 11.6 Å². The van der Waals surface area contributed by atoms with Gasteiger partial charge in [0.1, 0.15) is 5.69 Å². The van der Waals surface area contributed by atoms with Crippen LogP contribution in [0.25, 0.3) is 0 Å². The number of anilines is 2. The molecular weight excluding hydrogens is 332 g/mol. The number of nitrogens with zero attached hydrogens (tertiary/aromatic N) is 2.